The molecule has 5 nitrogen and oxygen atoms in total. The molecule has 0 atom stereocenters. The van der Waals surface area contributed by atoms with Crippen LogP contribution in [-0.4, -0.2) is 44.6 Å². The summed E-state index contributed by atoms with van der Waals surface area (Å²) in [6.07, 6.45) is 0. The van der Waals surface area contributed by atoms with Crippen molar-refractivity contribution in [2.75, 3.05) is 26.2 Å². The second kappa shape index (κ2) is 8.05. The van der Waals surface area contributed by atoms with Gasteiger partial charge in [-0.25, -0.2) is 17.5 Å². The molecule has 0 unspecified atom stereocenters. The van der Waals surface area contributed by atoms with Crippen molar-refractivity contribution >= 4 is 21.6 Å². The van der Waals surface area contributed by atoms with Crippen LogP contribution in [0, 0.1) is 5.82 Å². The Morgan fingerprint density at radius 1 is 1.33 bits per heavy atom. The molecule has 0 saturated heterocycles. The monoisotopic (exact) mass is 338 g/mol. The van der Waals surface area contributed by atoms with E-state index < -0.39 is 27.3 Å². The van der Waals surface area contributed by atoms with Gasteiger partial charge in [0.1, 0.15) is 10.7 Å². The van der Waals surface area contributed by atoms with E-state index in [1.165, 1.54) is 6.07 Å². The third kappa shape index (κ3) is 4.89. The molecule has 0 aliphatic rings. The molecule has 2 N–H and O–H groups in total. The first-order chi connectivity index (χ1) is 9.85. The lowest BCUT2D eigenvalue weighted by molar-refractivity contribution is 0.274. The van der Waals surface area contributed by atoms with E-state index in [4.69, 9.17) is 16.7 Å². The van der Waals surface area contributed by atoms with E-state index in [1.807, 2.05) is 18.7 Å². The van der Waals surface area contributed by atoms with Crippen LogP contribution < -0.4 is 4.72 Å². The third-order valence-corrected chi connectivity index (χ3v) is 4.83. The van der Waals surface area contributed by atoms with Crippen LogP contribution in [0.3, 0.4) is 0 Å². The van der Waals surface area contributed by atoms with Crippen LogP contribution >= 0.6 is 11.6 Å². The minimum absolute atomic E-state index is 0.0598. The Hall–Kier alpha value is -0.730. The Morgan fingerprint density at radius 3 is 2.48 bits per heavy atom. The predicted molar refractivity (Wildman–Crippen MR) is 80.3 cm³/mol. The normalized spacial score (nSPS) is 12.1. The molecule has 0 aromatic heterocycles. The van der Waals surface area contributed by atoms with Crippen LogP contribution in [0.4, 0.5) is 4.39 Å². The Labute approximate surface area is 129 Å². The van der Waals surface area contributed by atoms with Gasteiger partial charge in [-0.3, -0.25) is 0 Å². The molecule has 0 bridgehead atoms. The van der Waals surface area contributed by atoms with Gasteiger partial charge in [0.15, 0.2) is 0 Å². The van der Waals surface area contributed by atoms with E-state index in [2.05, 4.69) is 4.72 Å². The van der Waals surface area contributed by atoms with Crippen molar-refractivity contribution in [2.45, 2.75) is 25.3 Å². The highest BCUT2D eigenvalue weighted by Crippen LogP contribution is 2.23. The molecular weight excluding hydrogens is 319 g/mol. The molecule has 0 radical (unpaired) electrons. The molecule has 0 spiro atoms. The standard InChI is InChI=1S/C13H20ClFN2O3S/c1-3-17(4-2)6-5-16-21(19,20)12-8-11(14)7-10(9-18)13(12)15/h7-8,16,18H,3-6,9H2,1-2H3. The maximum absolute atomic E-state index is 14.0. The Kier molecular flexibility index (Phi) is 7.02. The number of hydrogen-bond acceptors (Lipinski definition) is 4. The van der Waals surface area contributed by atoms with Crippen molar-refractivity contribution in [3.05, 3.63) is 28.5 Å². The Balaban J connectivity index is 2.91. The number of aliphatic hydroxyl groups excluding tert-OH is 1. The van der Waals surface area contributed by atoms with Gasteiger partial charge >= 0.3 is 0 Å². The highest BCUT2D eigenvalue weighted by molar-refractivity contribution is 7.89. The lowest BCUT2D eigenvalue weighted by Gasteiger charge is -2.18. The van der Waals surface area contributed by atoms with E-state index in [0.717, 1.165) is 19.2 Å². The number of likely N-dealkylation sites (N-methyl/N-ethyl adjacent to an activating group) is 1. The minimum Gasteiger partial charge on any atom is -0.392 e. The number of nitrogens with zero attached hydrogens (tertiary/aromatic N) is 1. The van der Waals surface area contributed by atoms with Crippen LogP contribution in [-0.2, 0) is 16.6 Å². The summed E-state index contributed by atoms with van der Waals surface area (Å²) >= 11 is 5.76. The smallest absolute Gasteiger partial charge is 0.243 e. The van der Waals surface area contributed by atoms with E-state index in [9.17, 15) is 12.8 Å². The average Bonchev–Trinajstić information content (AvgIpc) is 2.45. The SMILES string of the molecule is CCN(CC)CCNS(=O)(=O)c1cc(Cl)cc(CO)c1F. The van der Waals surface area contributed by atoms with Gasteiger partial charge in [0.2, 0.25) is 10.0 Å². The summed E-state index contributed by atoms with van der Waals surface area (Å²) in [5.74, 6) is -0.975. The zero-order valence-corrected chi connectivity index (χ0v) is 13.6. The quantitative estimate of drug-likeness (QED) is 0.755. The fourth-order valence-corrected chi connectivity index (χ4v) is 3.35. The van der Waals surface area contributed by atoms with Gasteiger partial charge in [-0.1, -0.05) is 25.4 Å². The van der Waals surface area contributed by atoms with Gasteiger partial charge in [0.05, 0.1) is 6.61 Å². The second-order valence-electron chi connectivity index (χ2n) is 4.46. The fraction of sp³-hybridized carbons (Fsp3) is 0.538. The lowest BCUT2D eigenvalue weighted by atomic mass is 10.2. The molecule has 8 heteroatoms. The van der Waals surface area contributed by atoms with E-state index in [0.29, 0.717) is 6.54 Å². The highest BCUT2D eigenvalue weighted by atomic mass is 35.5. The van der Waals surface area contributed by atoms with E-state index in [-0.39, 0.29) is 17.1 Å². The molecule has 0 heterocycles. The van der Waals surface area contributed by atoms with E-state index >= 15 is 0 Å². The molecule has 1 aromatic rings. The van der Waals surface area contributed by atoms with Crippen molar-refractivity contribution in [3.63, 3.8) is 0 Å². The van der Waals surface area contributed by atoms with Crippen molar-refractivity contribution < 1.29 is 17.9 Å². The number of halogens is 2. The first-order valence-corrected chi connectivity index (χ1v) is 8.52. The largest absolute Gasteiger partial charge is 0.392 e. The maximum atomic E-state index is 14.0. The summed E-state index contributed by atoms with van der Waals surface area (Å²) in [6.45, 7) is 5.64. The summed E-state index contributed by atoms with van der Waals surface area (Å²) in [6, 6.07) is 2.24. The van der Waals surface area contributed by atoms with Crippen molar-refractivity contribution in [2.24, 2.45) is 0 Å². The highest BCUT2D eigenvalue weighted by Gasteiger charge is 2.22. The van der Waals surface area contributed by atoms with Crippen molar-refractivity contribution in [3.8, 4) is 0 Å². The van der Waals surface area contributed by atoms with Gasteiger partial charge in [-0.2, -0.15) is 0 Å². The van der Waals surface area contributed by atoms with Gasteiger partial charge in [-0.05, 0) is 25.2 Å². The number of sulfonamides is 1. The predicted octanol–water partition coefficient (Wildman–Crippen LogP) is 1.59. The Morgan fingerprint density at radius 2 is 1.95 bits per heavy atom. The number of hydrogen-bond donors (Lipinski definition) is 2. The van der Waals surface area contributed by atoms with Crippen LogP contribution in [0.2, 0.25) is 5.02 Å². The number of aliphatic hydroxyl groups is 1. The van der Waals surface area contributed by atoms with Crippen LogP contribution in [0.1, 0.15) is 19.4 Å². The average molecular weight is 339 g/mol. The summed E-state index contributed by atoms with van der Waals surface area (Å²) < 4.78 is 40.6. The molecular formula is C13H20ClFN2O3S. The van der Waals surface area contributed by atoms with E-state index in [1.54, 1.807) is 0 Å². The molecule has 0 aliphatic heterocycles. The summed E-state index contributed by atoms with van der Waals surface area (Å²) in [5, 5.41) is 9.08. The van der Waals surface area contributed by atoms with Crippen molar-refractivity contribution in [1.82, 2.24) is 9.62 Å². The van der Waals surface area contributed by atoms with Crippen molar-refractivity contribution in [1.29, 1.82) is 0 Å². The fourth-order valence-electron chi connectivity index (χ4n) is 1.88. The maximum Gasteiger partial charge on any atom is 0.243 e. The van der Waals surface area contributed by atoms with Gasteiger partial charge < -0.3 is 10.0 Å². The molecule has 21 heavy (non-hydrogen) atoms. The topological polar surface area (TPSA) is 69.6 Å². The first-order valence-electron chi connectivity index (χ1n) is 6.66. The third-order valence-electron chi connectivity index (χ3n) is 3.15. The molecule has 120 valence electrons. The molecule has 0 aliphatic carbocycles. The Bertz CT molecular complexity index is 577. The zero-order chi connectivity index (χ0) is 16.0. The minimum atomic E-state index is -4.01. The zero-order valence-electron chi connectivity index (χ0n) is 12.1. The number of nitrogens with one attached hydrogen (secondary N) is 1. The van der Waals surface area contributed by atoms with Crippen LogP contribution in [0.5, 0.6) is 0 Å². The summed E-state index contributed by atoms with van der Waals surface area (Å²) in [4.78, 5) is 1.49. The van der Waals surface area contributed by atoms with Gasteiger partial charge in [-0.15, -0.1) is 0 Å². The van der Waals surface area contributed by atoms with Crippen LogP contribution in [0.15, 0.2) is 17.0 Å². The first kappa shape index (κ1) is 18.3. The number of rotatable bonds is 8. The summed E-state index contributed by atoms with van der Waals surface area (Å²) in [5.41, 5.74) is -0.147. The van der Waals surface area contributed by atoms with Crippen LogP contribution in [0.25, 0.3) is 0 Å². The number of benzene rings is 1. The molecule has 1 rings (SSSR count). The molecule has 0 saturated carbocycles. The summed E-state index contributed by atoms with van der Waals surface area (Å²) in [7, 11) is -4.01. The molecule has 0 fully saturated rings. The molecule has 0 amide bonds. The lowest BCUT2D eigenvalue weighted by Crippen LogP contribution is -2.35. The molecule has 1 aromatic carbocycles. The second-order valence-corrected chi connectivity index (χ2v) is 6.63. The van der Waals surface area contributed by atoms with Gasteiger partial charge in [0, 0.05) is 23.7 Å². The van der Waals surface area contributed by atoms with Gasteiger partial charge in [0.25, 0.3) is 0 Å².